The van der Waals surface area contributed by atoms with Gasteiger partial charge in [0.1, 0.15) is 0 Å². The van der Waals surface area contributed by atoms with E-state index in [1.807, 2.05) is 25.3 Å². The zero-order chi connectivity index (χ0) is 18.6. The van der Waals surface area contributed by atoms with Crippen LogP contribution in [0.3, 0.4) is 0 Å². The number of fused-ring (bicyclic) bond motifs is 1. The molecule has 1 N–H and O–H groups in total. The Bertz CT molecular complexity index is 903. The van der Waals surface area contributed by atoms with Gasteiger partial charge >= 0.3 is 0 Å². The number of carbonyl (C=O) groups excluding carboxylic acids is 1. The number of carbonyl (C=O) groups is 1. The first-order valence-electron chi connectivity index (χ1n) is 9.18. The molecule has 4 rings (SSSR count). The van der Waals surface area contributed by atoms with Crippen molar-refractivity contribution < 1.29 is 9.21 Å². The number of aromatic nitrogens is 3. The monoisotopic (exact) mass is 365 g/mol. The predicted molar refractivity (Wildman–Crippen MR) is 100 cm³/mol. The van der Waals surface area contributed by atoms with Crippen LogP contribution in [0.1, 0.15) is 40.1 Å². The van der Waals surface area contributed by atoms with Gasteiger partial charge in [0.2, 0.25) is 0 Å². The second-order valence-corrected chi connectivity index (χ2v) is 6.88. The van der Waals surface area contributed by atoms with E-state index in [1.165, 1.54) is 12.0 Å². The summed E-state index contributed by atoms with van der Waals surface area (Å²) in [6.07, 6.45) is 4.15. The van der Waals surface area contributed by atoms with Crippen LogP contribution in [0.15, 0.2) is 53.3 Å². The Kier molecular flexibility index (Phi) is 5.02. The predicted octanol–water partition coefficient (Wildman–Crippen LogP) is 2.56. The lowest BCUT2D eigenvalue weighted by atomic mass is 10.1. The summed E-state index contributed by atoms with van der Waals surface area (Å²) in [5, 5.41) is 7.41. The molecule has 0 saturated heterocycles. The van der Waals surface area contributed by atoms with Crippen molar-refractivity contribution in [2.45, 2.75) is 32.5 Å². The molecule has 0 radical (unpaired) electrons. The van der Waals surface area contributed by atoms with Gasteiger partial charge in [0.25, 0.3) is 5.91 Å². The molecule has 140 valence electrons. The first-order valence-corrected chi connectivity index (χ1v) is 9.18. The second kappa shape index (κ2) is 7.75. The van der Waals surface area contributed by atoms with Crippen LogP contribution in [-0.2, 0) is 13.1 Å². The molecule has 1 aliphatic rings. The summed E-state index contributed by atoms with van der Waals surface area (Å²) in [6.45, 7) is 5.12. The molecule has 0 fully saturated rings. The van der Waals surface area contributed by atoms with Gasteiger partial charge in [0.05, 0.1) is 23.7 Å². The van der Waals surface area contributed by atoms with Gasteiger partial charge in [-0.25, -0.2) is 0 Å². The van der Waals surface area contributed by atoms with Gasteiger partial charge < -0.3 is 9.73 Å². The maximum Gasteiger partial charge on any atom is 0.286 e. The van der Waals surface area contributed by atoms with E-state index in [9.17, 15) is 4.79 Å². The van der Waals surface area contributed by atoms with Gasteiger partial charge in [-0.15, -0.1) is 0 Å². The maximum atomic E-state index is 12.0. The maximum absolute atomic E-state index is 12.0. The molecule has 27 heavy (non-hydrogen) atoms. The fraction of sp³-hybridized carbons (Fsp3) is 0.350. The van der Waals surface area contributed by atoms with Crippen LogP contribution in [0.5, 0.6) is 0 Å². The molecule has 0 aromatic carbocycles. The van der Waals surface area contributed by atoms with Crippen molar-refractivity contribution in [3.8, 4) is 0 Å². The third kappa shape index (κ3) is 4.09. The normalized spacial score (nSPS) is 16.9. The molecule has 4 heterocycles. The Balaban J connectivity index is 1.39. The standard InChI is InChI=1S/C20H23N5O2/c1-15-4-2-5-16(23-15)12-24-13-17(25-18(14-24)8-10-22-25)7-9-21-20(26)19-6-3-11-27-19/h2-6,8,10-11,17H,7,9,12-14H2,1H3,(H,21,26). The summed E-state index contributed by atoms with van der Waals surface area (Å²) >= 11 is 0. The van der Waals surface area contributed by atoms with Gasteiger partial charge in [0, 0.05) is 38.1 Å². The molecule has 0 spiro atoms. The first kappa shape index (κ1) is 17.5. The molecular formula is C20H23N5O2. The fourth-order valence-electron chi connectivity index (χ4n) is 3.56. The number of rotatable bonds is 6. The number of amides is 1. The van der Waals surface area contributed by atoms with E-state index >= 15 is 0 Å². The summed E-state index contributed by atoms with van der Waals surface area (Å²) in [7, 11) is 0. The van der Waals surface area contributed by atoms with Crippen molar-refractivity contribution in [1.29, 1.82) is 0 Å². The van der Waals surface area contributed by atoms with E-state index in [2.05, 4.69) is 37.1 Å². The minimum Gasteiger partial charge on any atom is -0.459 e. The lowest BCUT2D eigenvalue weighted by Gasteiger charge is -2.33. The molecule has 1 unspecified atom stereocenters. The Morgan fingerprint density at radius 1 is 1.30 bits per heavy atom. The number of hydrogen-bond acceptors (Lipinski definition) is 5. The van der Waals surface area contributed by atoms with Crippen LogP contribution >= 0.6 is 0 Å². The van der Waals surface area contributed by atoms with Gasteiger partial charge in [-0.2, -0.15) is 5.10 Å². The van der Waals surface area contributed by atoms with Crippen LogP contribution in [0.25, 0.3) is 0 Å². The number of pyridine rings is 1. The molecule has 1 atom stereocenters. The number of nitrogens with one attached hydrogen (secondary N) is 1. The second-order valence-electron chi connectivity index (χ2n) is 6.88. The third-order valence-corrected chi connectivity index (χ3v) is 4.79. The Morgan fingerprint density at radius 3 is 3.04 bits per heavy atom. The topological polar surface area (TPSA) is 76.2 Å². The average Bonchev–Trinajstić information content (AvgIpc) is 3.33. The van der Waals surface area contributed by atoms with E-state index in [-0.39, 0.29) is 11.9 Å². The third-order valence-electron chi connectivity index (χ3n) is 4.79. The summed E-state index contributed by atoms with van der Waals surface area (Å²) in [6, 6.07) is 11.8. The zero-order valence-electron chi connectivity index (χ0n) is 15.3. The lowest BCUT2D eigenvalue weighted by molar-refractivity contribution is 0.0919. The highest BCUT2D eigenvalue weighted by Gasteiger charge is 2.25. The van der Waals surface area contributed by atoms with Crippen LogP contribution in [0, 0.1) is 6.92 Å². The Hall–Kier alpha value is -2.93. The molecule has 1 amide bonds. The molecule has 7 heteroatoms. The molecule has 0 aliphatic carbocycles. The van der Waals surface area contributed by atoms with E-state index in [0.29, 0.717) is 12.3 Å². The minimum atomic E-state index is -0.183. The Morgan fingerprint density at radius 2 is 2.22 bits per heavy atom. The van der Waals surface area contributed by atoms with E-state index in [0.717, 1.165) is 37.4 Å². The van der Waals surface area contributed by atoms with Crippen molar-refractivity contribution >= 4 is 5.91 Å². The number of furan rings is 1. The average molecular weight is 365 g/mol. The molecule has 7 nitrogen and oxygen atoms in total. The van der Waals surface area contributed by atoms with Crippen LogP contribution in [0.2, 0.25) is 0 Å². The zero-order valence-corrected chi connectivity index (χ0v) is 15.3. The molecule has 0 saturated carbocycles. The first-order chi connectivity index (χ1) is 13.2. The van der Waals surface area contributed by atoms with Crippen LogP contribution in [-0.4, -0.2) is 38.7 Å². The molecule has 0 bridgehead atoms. The van der Waals surface area contributed by atoms with Crippen molar-refractivity contribution in [3.05, 3.63) is 71.7 Å². The SMILES string of the molecule is Cc1cccc(CN2Cc3ccnn3C(CCNC(=O)c3ccco3)C2)n1. The number of aryl methyl sites for hydroxylation is 1. The highest BCUT2D eigenvalue weighted by Crippen LogP contribution is 2.23. The molecule has 3 aromatic rings. The van der Waals surface area contributed by atoms with Gasteiger partial charge in [-0.1, -0.05) is 6.07 Å². The lowest BCUT2D eigenvalue weighted by Crippen LogP contribution is -2.39. The molecule has 1 aliphatic heterocycles. The van der Waals surface area contributed by atoms with Crippen LogP contribution < -0.4 is 5.32 Å². The number of nitrogens with zero attached hydrogens (tertiary/aromatic N) is 4. The smallest absolute Gasteiger partial charge is 0.286 e. The Labute approximate surface area is 158 Å². The van der Waals surface area contributed by atoms with Gasteiger partial charge in [-0.3, -0.25) is 19.4 Å². The summed E-state index contributed by atoms with van der Waals surface area (Å²) in [4.78, 5) is 19.0. The van der Waals surface area contributed by atoms with E-state index in [1.54, 1.807) is 12.1 Å². The molecular weight excluding hydrogens is 342 g/mol. The van der Waals surface area contributed by atoms with E-state index < -0.39 is 0 Å². The van der Waals surface area contributed by atoms with Crippen molar-refractivity contribution in [1.82, 2.24) is 25.0 Å². The molecule has 3 aromatic heterocycles. The summed E-state index contributed by atoms with van der Waals surface area (Å²) in [5.41, 5.74) is 3.30. The largest absolute Gasteiger partial charge is 0.459 e. The van der Waals surface area contributed by atoms with Crippen molar-refractivity contribution in [3.63, 3.8) is 0 Å². The van der Waals surface area contributed by atoms with Gasteiger partial charge in [-0.05, 0) is 43.7 Å². The van der Waals surface area contributed by atoms with Gasteiger partial charge in [0.15, 0.2) is 5.76 Å². The highest BCUT2D eigenvalue weighted by atomic mass is 16.3. The summed E-state index contributed by atoms with van der Waals surface area (Å²) < 4.78 is 7.21. The van der Waals surface area contributed by atoms with Crippen molar-refractivity contribution in [2.24, 2.45) is 0 Å². The highest BCUT2D eigenvalue weighted by molar-refractivity contribution is 5.91. The van der Waals surface area contributed by atoms with Crippen molar-refractivity contribution in [2.75, 3.05) is 13.1 Å². The minimum absolute atomic E-state index is 0.183. The number of hydrogen-bond donors (Lipinski definition) is 1. The summed E-state index contributed by atoms with van der Waals surface area (Å²) in [5.74, 6) is 0.155. The quantitative estimate of drug-likeness (QED) is 0.726. The van der Waals surface area contributed by atoms with Crippen LogP contribution in [0.4, 0.5) is 0 Å². The fourth-order valence-corrected chi connectivity index (χ4v) is 3.56. The van der Waals surface area contributed by atoms with E-state index in [4.69, 9.17) is 4.42 Å².